The smallest absolute Gasteiger partial charge is 0.166 e. The number of benzene rings is 1. The zero-order valence-corrected chi connectivity index (χ0v) is 18.7. The Kier molecular flexibility index (Phi) is 5.64. The van der Waals surface area contributed by atoms with Crippen molar-refractivity contribution in [1.82, 2.24) is 20.5 Å². The van der Waals surface area contributed by atoms with Gasteiger partial charge in [0.15, 0.2) is 28.4 Å². The number of nitrogens with zero attached hydrogens (tertiary/aromatic N) is 4. The third-order valence-corrected chi connectivity index (χ3v) is 6.54. The standard InChI is InChI=1S/C22H18Cl2F2N6O/c23-15-6-30-31-20(24)14(15)7-33-18-4-12(1-2-16(18)25)19(27)13-3-17(26)21(29-5-13)32-10-22(11-32)8-28-9-22/h1-6,27-28H,7-11H2. The van der Waals surface area contributed by atoms with Gasteiger partial charge >= 0.3 is 0 Å². The number of hydrogen-bond acceptors (Lipinski definition) is 7. The van der Waals surface area contributed by atoms with Crippen molar-refractivity contribution < 1.29 is 13.5 Å². The SMILES string of the molecule is N=C(c1cnc(N2CC3(CNC3)C2)c(F)c1)c1ccc(F)c(OCc2c(Cl)cnnc2Cl)c1. The van der Waals surface area contributed by atoms with Crippen LogP contribution >= 0.6 is 23.2 Å². The first-order chi connectivity index (χ1) is 15.8. The van der Waals surface area contributed by atoms with Crippen LogP contribution in [0.1, 0.15) is 16.7 Å². The predicted molar refractivity (Wildman–Crippen MR) is 120 cm³/mol. The first-order valence-corrected chi connectivity index (χ1v) is 10.9. The molecular weight excluding hydrogens is 473 g/mol. The molecule has 2 N–H and O–H groups in total. The fourth-order valence-electron chi connectivity index (χ4n) is 4.00. The van der Waals surface area contributed by atoms with Crippen molar-refractivity contribution in [3.05, 3.63) is 75.2 Å². The molecule has 0 unspecified atom stereocenters. The lowest BCUT2D eigenvalue weighted by molar-refractivity contribution is 0.119. The highest BCUT2D eigenvalue weighted by molar-refractivity contribution is 6.35. The molecule has 3 aromatic rings. The molecule has 2 aliphatic rings. The van der Waals surface area contributed by atoms with Crippen LogP contribution in [0, 0.1) is 22.5 Å². The molecule has 0 radical (unpaired) electrons. The van der Waals surface area contributed by atoms with Crippen LogP contribution in [-0.2, 0) is 6.61 Å². The third kappa shape index (κ3) is 4.12. The summed E-state index contributed by atoms with van der Waals surface area (Å²) in [6.07, 6.45) is 2.76. The van der Waals surface area contributed by atoms with E-state index in [0.717, 1.165) is 26.2 Å². The van der Waals surface area contributed by atoms with Gasteiger partial charge in [-0.15, -0.1) is 5.10 Å². The first-order valence-electron chi connectivity index (χ1n) is 10.1. The highest BCUT2D eigenvalue weighted by Crippen LogP contribution is 2.37. The summed E-state index contributed by atoms with van der Waals surface area (Å²) in [6, 6.07) is 5.24. The van der Waals surface area contributed by atoms with E-state index < -0.39 is 11.6 Å². The van der Waals surface area contributed by atoms with Gasteiger partial charge in [-0.2, -0.15) is 5.10 Å². The number of rotatable bonds is 6. The molecule has 0 aliphatic carbocycles. The van der Waals surface area contributed by atoms with E-state index in [1.807, 2.05) is 4.90 Å². The first kappa shape index (κ1) is 21.9. The second kappa shape index (κ2) is 8.48. The number of hydrogen-bond donors (Lipinski definition) is 2. The van der Waals surface area contributed by atoms with E-state index >= 15 is 0 Å². The summed E-state index contributed by atoms with van der Waals surface area (Å²) < 4.78 is 34.6. The summed E-state index contributed by atoms with van der Waals surface area (Å²) in [5.41, 5.74) is 1.21. The van der Waals surface area contributed by atoms with Gasteiger partial charge in [-0.1, -0.05) is 23.2 Å². The van der Waals surface area contributed by atoms with Crippen LogP contribution in [0.3, 0.4) is 0 Å². The van der Waals surface area contributed by atoms with Crippen LogP contribution in [0.5, 0.6) is 5.75 Å². The van der Waals surface area contributed by atoms with Gasteiger partial charge in [-0.25, -0.2) is 13.8 Å². The number of aromatic nitrogens is 3. The highest BCUT2D eigenvalue weighted by atomic mass is 35.5. The van der Waals surface area contributed by atoms with E-state index in [9.17, 15) is 8.78 Å². The van der Waals surface area contributed by atoms with Crippen molar-refractivity contribution in [2.75, 3.05) is 31.1 Å². The van der Waals surface area contributed by atoms with Crippen LogP contribution in [0.4, 0.5) is 14.6 Å². The number of halogens is 4. The minimum Gasteiger partial charge on any atom is -0.486 e. The van der Waals surface area contributed by atoms with Crippen molar-refractivity contribution >= 4 is 34.7 Å². The summed E-state index contributed by atoms with van der Waals surface area (Å²) >= 11 is 12.0. The Morgan fingerprint density at radius 2 is 1.91 bits per heavy atom. The van der Waals surface area contributed by atoms with Gasteiger partial charge in [0, 0.05) is 54.5 Å². The minimum absolute atomic E-state index is 0.0114. The molecule has 2 aliphatic heterocycles. The Labute approximate surface area is 198 Å². The Morgan fingerprint density at radius 1 is 1.12 bits per heavy atom. The molecule has 2 aromatic heterocycles. The summed E-state index contributed by atoms with van der Waals surface area (Å²) in [4.78, 5) is 6.15. The molecule has 7 nitrogen and oxygen atoms in total. The molecule has 0 atom stereocenters. The molecule has 5 rings (SSSR count). The van der Waals surface area contributed by atoms with Crippen LogP contribution in [0.15, 0.2) is 36.7 Å². The molecule has 33 heavy (non-hydrogen) atoms. The van der Waals surface area contributed by atoms with Crippen molar-refractivity contribution in [2.24, 2.45) is 5.41 Å². The fraction of sp³-hybridized carbons (Fsp3) is 0.273. The maximum Gasteiger partial charge on any atom is 0.166 e. The molecule has 1 aromatic carbocycles. The average Bonchev–Trinajstić information content (AvgIpc) is 2.73. The average molecular weight is 491 g/mol. The van der Waals surface area contributed by atoms with Gasteiger partial charge in [-0.05, 0) is 24.3 Å². The summed E-state index contributed by atoms with van der Waals surface area (Å²) in [6.45, 7) is 3.28. The van der Waals surface area contributed by atoms with E-state index in [-0.39, 0.29) is 45.0 Å². The maximum absolute atomic E-state index is 14.8. The fourth-order valence-corrected chi connectivity index (χ4v) is 4.43. The lowest BCUT2D eigenvalue weighted by atomic mass is 9.74. The van der Waals surface area contributed by atoms with Crippen LogP contribution in [0.25, 0.3) is 0 Å². The molecular formula is C22H18Cl2F2N6O. The Hall–Kier alpha value is -2.88. The van der Waals surface area contributed by atoms with Crippen molar-refractivity contribution in [2.45, 2.75) is 6.61 Å². The molecule has 0 amide bonds. The van der Waals surface area contributed by atoms with E-state index in [2.05, 4.69) is 20.5 Å². The molecule has 1 spiro atoms. The third-order valence-electron chi connectivity index (χ3n) is 5.91. The Bertz CT molecular complexity index is 1230. The van der Waals surface area contributed by atoms with Gasteiger partial charge < -0.3 is 15.0 Å². The Morgan fingerprint density at radius 3 is 2.58 bits per heavy atom. The molecule has 2 saturated heterocycles. The van der Waals surface area contributed by atoms with Gasteiger partial charge in [-0.3, -0.25) is 5.41 Å². The molecule has 11 heteroatoms. The lowest BCUT2D eigenvalue weighted by Crippen LogP contribution is -2.71. The Balaban J connectivity index is 1.32. The topological polar surface area (TPSA) is 87.0 Å². The van der Waals surface area contributed by atoms with Crippen molar-refractivity contribution in [3.8, 4) is 5.75 Å². The van der Waals surface area contributed by atoms with Crippen molar-refractivity contribution in [3.63, 3.8) is 0 Å². The largest absolute Gasteiger partial charge is 0.486 e. The van der Waals surface area contributed by atoms with E-state index in [0.29, 0.717) is 11.1 Å². The van der Waals surface area contributed by atoms with Crippen molar-refractivity contribution in [1.29, 1.82) is 5.41 Å². The zero-order valence-electron chi connectivity index (χ0n) is 17.2. The number of pyridine rings is 1. The zero-order chi connectivity index (χ0) is 23.2. The second-order valence-corrected chi connectivity index (χ2v) is 9.02. The number of anilines is 1. The number of ether oxygens (including phenoxy) is 1. The van der Waals surface area contributed by atoms with Gasteiger partial charge in [0.25, 0.3) is 0 Å². The molecule has 0 bridgehead atoms. The van der Waals surface area contributed by atoms with E-state index in [1.165, 1.54) is 36.7 Å². The highest BCUT2D eigenvalue weighted by Gasteiger charge is 2.48. The number of nitrogens with one attached hydrogen (secondary N) is 2. The van der Waals surface area contributed by atoms with E-state index in [4.69, 9.17) is 33.3 Å². The monoisotopic (exact) mass is 490 g/mol. The van der Waals surface area contributed by atoms with Gasteiger partial charge in [0.1, 0.15) is 6.61 Å². The summed E-state index contributed by atoms with van der Waals surface area (Å²) in [5.74, 6) is -0.941. The second-order valence-electron chi connectivity index (χ2n) is 8.26. The lowest BCUT2D eigenvalue weighted by Gasteiger charge is -2.56. The van der Waals surface area contributed by atoms with Gasteiger partial charge in [0.05, 0.1) is 16.9 Å². The molecule has 170 valence electrons. The molecule has 2 fully saturated rings. The summed E-state index contributed by atoms with van der Waals surface area (Å²) in [7, 11) is 0. The molecule has 0 saturated carbocycles. The van der Waals surface area contributed by atoms with Gasteiger partial charge in [0.2, 0.25) is 0 Å². The van der Waals surface area contributed by atoms with Crippen LogP contribution < -0.4 is 15.0 Å². The maximum atomic E-state index is 14.8. The predicted octanol–water partition coefficient (Wildman–Crippen LogP) is 3.86. The van der Waals surface area contributed by atoms with E-state index in [1.54, 1.807) is 0 Å². The normalized spacial score (nSPS) is 16.3. The quantitative estimate of drug-likeness (QED) is 0.510. The summed E-state index contributed by atoms with van der Waals surface area (Å²) in [5, 5.41) is 19.3. The minimum atomic E-state index is -0.627. The molecule has 4 heterocycles. The van der Waals surface area contributed by atoms with Crippen LogP contribution in [-0.4, -0.2) is 47.1 Å². The van der Waals surface area contributed by atoms with Crippen LogP contribution in [0.2, 0.25) is 10.2 Å².